The van der Waals surface area contributed by atoms with Crippen LogP contribution in [0.2, 0.25) is 0 Å². The van der Waals surface area contributed by atoms with Crippen LogP contribution in [0, 0.1) is 5.82 Å². The van der Waals surface area contributed by atoms with Crippen molar-refractivity contribution in [1.29, 1.82) is 0 Å². The molecule has 1 amide bonds. The van der Waals surface area contributed by atoms with Crippen LogP contribution < -0.4 is 5.32 Å². The Morgan fingerprint density at radius 2 is 2.29 bits per heavy atom. The molecule has 0 aromatic heterocycles. The van der Waals surface area contributed by atoms with Gasteiger partial charge >= 0.3 is 0 Å². The van der Waals surface area contributed by atoms with Crippen LogP contribution in [0.5, 0.6) is 0 Å². The van der Waals surface area contributed by atoms with E-state index in [1.807, 2.05) is 13.8 Å². The second-order valence-electron chi connectivity index (χ2n) is 3.66. The number of nitrogens with one attached hydrogen (secondary N) is 1. The summed E-state index contributed by atoms with van der Waals surface area (Å²) in [5, 5.41) is 2.67. The van der Waals surface area contributed by atoms with E-state index in [0.29, 0.717) is 17.7 Å². The van der Waals surface area contributed by atoms with Crippen LogP contribution in [0.4, 0.5) is 4.39 Å². The Balaban J connectivity index is 2.63. The van der Waals surface area contributed by atoms with Crippen molar-refractivity contribution in [2.45, 2.75) is 19.9 Å². The minimum absolute atomic E-state index is 0.0385. The second-order valence-corrected chi connectivity index (χ2v) is 4.57. The van der Waals surface area contributed by atoms with Gasteiger partial charge < -0.3 is 10.1 Å². The van der Waals surface area contributed by atoms with Crippen LogP contribution in [-0.2, 0) is 4.74 Å². The molecule has 0 spiro atoms. The maximum Gasteiger partial charge on any atom is 0.254 e. The lowest BCUT2D eigenvalue weighted by Crippen LogP contribution is -2.36. The fourth-order valence-electron chi connectivity index (χ4n) is 1.31. The van der Waals surface area contributed by atoms with Crippen LogP contribution in [0.3, 0.4) is 0 Å². The minimum Gasteiger partial charge on any atom is -0.380 e. The Kier molecular flexibility index (Phi) is 5.58. The first-order valence-electron chi connectivity index (χ1n) is 5.38. The van der Waals surface area contributed by atoms with Gasteiger partial charge in [-0.15, -0.1) is 0 Å². The molecule has 1 aromatic rings. The zero-order valence-electron chi connectivity index (χ0n) is 9.80. The molecular weight excluding hydrogens is 289 g/mol. The first-order chi connectivity index (χ1) is 8.04. The zero-order chi connectivity index (χ0) is 12.8. The number of hydrogen-bond donors (Lipinski definition) is 1. The molecular formula is C12H15BrFNO2. The predicted octanol–water partition coefficient (Wildman–Crippen LogP) is 2.74. The molecule has 0 heterocycles. The van der Waals surface area contributed by atoms with E-state index in [1.54, 1.807) is 6.07 Å². The molecule has 1 atom stereocenters. The molecule has 0 bridgehead atoms. The maximum atomic E-state index is 13.5. The van der Waals surface area contributed by atoms with Crippen molar-refractivity contribution in [2.75, 3.05) is 13.2 Å². The Morgan fingerprint density at radius 3 is 2.88 bits per heavy atom. The number of rotatable bonds is 5. The lowest BCUT2D eigenvalue weighted by molar-refractivity contribution is 0.0868. The van der Waals surface area contributed by atoms with Crippen molar-refractivity contribution >= 4 is 21.8 Å². The Morgan fingerprint density at radius 1 is 1.59 bits per heavy atom. The molecule has 5 heteroatoms. The van der Waals surface area contributed by atoms with Crippen molar-refractivity contribution in [1.82, 2.24) is 5.32 Å². The van der Waals surface area contributed by atoms with Gasteiger partial charge in [0, 0.05) is 17.1 Å². The van der Waals surface area contributed by atoms with Crippen LogP contribution >= 0.6 is 15.9 Å². The van der Waals surface area contributed by atoms with Gasteiger partial charge in [0.25, 0.3) is 5.91 Å². The van der Waals surface area contributed by atoms with E-state index < -0.39 is 11.7 Å². The molecule has 1 unspecified atom stereocenters. The summed E-state index contributed by atoms with van der Waals surface area (Å²) in [7, 11) is 0. The van der Waals surface area contributed by atoms with Gasteiger partial charge in [0.05, 0.1) is 12.2 Å². The minimum atomic E-state index is -0.541. The molecule has 0 aliphatic heterocycles. The van der Waals surface area contributed by atoms with E-state index >= 15 is 0 Å². The van der Waals surface area contributed by atoms with Gasteiger partial charge in [0.1, 0.15) is 5.82 Å². The molecule has 0 radical (unpaired) electrons. The third-order valence-corrected chi connectivity index (χ3v) is 2.62. The highest BCUT2D eigenvalue weighted by molar-refractivity contribution is 9.10. The second kappa shape index (κ2) is 6.71. The van der Waals surface area contributed by atoms with Crippen LogP contribution in [0.15, 0.2) is 22.7 Å². The van der Waals surface area contributed by atoms with E-state index in [0.717, 1.165) is 0 Å². The molecule has 1 aromatic carbocycles. The summed E-state index contributed by atoms with van der Waals surface area (Å²) >= 11 is 3.14. The van der Waals surface area contributed by atoms with Gasteiger partial charge in [-0.05, 0) is 32.0 Å². The molecule has 3 nitrogen and oxygen atoms in total. The van der Waals surface area contributed by atoms with Crippen molar-refractivity contribution in [3.63, 3.8) is 0 Å². The number of amides is 1. The normalized spacial score (nSPS) is 12.2. The highest BCUT2D eigenvalue weighted by Gasteiger charge is 2.14. The molecule has 0 aliphatic rings. The third kappa shape index (κ3) is 4.44. The van der Waals surface area contributed by atoms with Gasteiger partial charge in [0.15, 0.2) is 0 Å². The Hall–Kier alpha value is -0.940. The first kappa shape index (κ1) is 14.1. The summed E-state index contributed by atoms with van der Waals surface area (Å²) in [4.78, 5) is 11.7. The van der Waals surface area contributed by atoms with Crippen LogP contribution in [-0.4, -0.2) is 25.2 Å². The lowest BCUT2D eigenvalue weighted by atomic mass is 10.2. The van der Waals surface area contributed by atoms with E-state index in [9.17, 15) is 9.18 Å². The lowest BCUT2D eigenvalue weighted by Gasteiger charge is -2.13. The van der Waals surface area contributed by atoms with Gasteiger partial charge in [0.2, 0.25) is 0 Å². The predicted molar refractivity (Wildman–Crippen MR) is 67.5 cm³/mol. The van der Waals surface area contributed by atoms with E-state index in [-0.39, 0.29) is 11.6 Å². The fourth-order valence-corrected chi connectivity index (χ4v) is 1.64. The molecule has 0 fully saturated rings. The van der Waals surface area contributed by atoms with E-state index in [2.05, 4.69) is 21.2 Å². The molecule has 0 saturated heterocycles. The summed E-state index contributed by atoms with van der Waals surface area (Å²) in [6.45, 7) is 4.69. The third-order valence-electron chi connectivity index (χ3n) is 2.13. The van der Waals surface area contributed by atoms with E-state index in [4.69, 9.17) is 4.74 Å². The average Bonchev–Trinajstić information content (AvgIpc) is 2.26. The summed E-state index contributed by atoms with van der Waals surface area (Å²) in [5.74, 6) is -0.970. The smallest absolute Gasteiger partial charge is 0.254 e. The SMILES string of the molecule is CCOCC(C)NC(=O)c1ccc(Br)cc1F. The number of carbonyl (C=O) groups excluding carboxylic acids is 1. The highest BCUT2D eigenvalue weighted by atomic mass is 79.9. The summed E-state index contributed by atoms with van der Waals surface area (Å²) in [6.07, 6.45) is 0. The molecule has 17 heavy (non-hydrogen) atoms. The fraction of sp³-hybridized carbons (Fsp3) is 0.417. The largest absolute Gasteiger partial charge is 0.380 e. The molecule has 0 saturated carbocycles. The summed E-state index contributed by atoms with van der Waals surface area (Å²) in [5.41, 5.74) is 0.0385. The van der Waals surface area contributed by atoms with Crippen LogP contribution in [0.25, 0.3) is 0 Å². The van der Waals surface area contributed by atoms with Gasteiger partial charge in [-0.2, -0.15) is 0 Å². The topological polar surface area (TPSA) is 38.3 Å². The number of halogens is 2. The quantitative estimate of drug-likeness (QED) is 0.908. The van der Waals surface area contributed by atoms with Crippen LogP contribution in [0.1, 0.15) is 24.2 Å². The number of hydrogen-bond acceptors (Lipinski definition) is 2. The number of ether oxygens (including phenoxy) is 1. The monoisotopic (exact) mass is 303 g/mol. The number of benzene rings is 1. The maximum absolute atomic E-state index is 13.5. The van der Waals surface area contributed by atoms with Crippen molar-refractivity contribution < 1.29 is 13.9 Å². The standard InChI is InChI=1S/C12H15BrFNO2/c1-3-17-7-8(2)15-12(16)10-5-4-9(13)6-11(10)14/h4-6,8H,3,7H2,1-2H3,(H,15,16). The zero-order valence-corrected chi connectivity index (χ0v) is 11.4. The van der Waals surface area contributed by atoms with Gasteiger partial charge in [-0.3, -0.25) is 4.79 Å². The average molecular weight is 304 g/mol. The summed E-state index contributed by atoms with van der Waals surface area (Å²) in [6, 6.07) is 4.20. The highest BCUT2D eigenvalue weighted by Crippen LogP contribution is 2.15. The number of carbonyl (C=O) groups is 1. The van der Waals surface area contributed by atoms with Gasteiger partial charge in [-0.1, -0.05) is 15.9 Å². The van der Waals surface area contributed by atoms with Crippen molar-refractivity contribution in [2.24, 2.45) is 0 Å². The summed E-state index contributed by atoms with van der Waals surface area (Å²) < 4.78 is 19.3. The van der Waals surface area contributed by atoms with Crippen molar-refractivity contribution in [3.8, 4) is 0 Å². The molecule has 0 aliphatic carbocycles. The Bertz CT molecular complexity index is 398. The molecule has 94 valence electrons. The van der Waals surface area contributed by atoms with Gasteiger partial charge in [-0.25, -0.2) is 4.39 Å². The molecule has 1 rings (SSSR count). The molecule has 1 N–H and O–H groups in total. The van der Waals surface area contributed by atoms with Crippen molar-refractivity contribution in [3.05, 3.63) is 34.1 Å². The first-order valence-corrected chi connectivity index (χ1v) is 6.17. The van der Waals surface area contributed by atoms with E-state index in [1.165, 1.54) is 12.1 Å². The Labute approximate surface area is 108 Å².